The van der Waals surface area contributed by atoms with E-state index in [0.29, 0.717) is 12.8 Å². The second kappa shape index (κ2) is 7.52. The molecule has 0 fully saturated rings. The molecule has 5 heteroatoms. The average molecular weight is 189 g/mol. The summed E-state index contributed by atoms with van der Waals surface area (Å²) in [7, 11) is 0. The minimum absolute atomic E-state index is 0.138. The number of nitro groups is 1. The lowest BCUT2D eigenvalue weighted by molar-refractivity contribution is -0.480. The maximum atomic E-state index is 10.9. The maximum Gasteiger partial charge on any atom is 0.305 e. The molecule has 0 bridgehead atoms. The maximum absolute atomic E-state index is 10.9. The van der Waals surface area contributed by atoms with E-state index >= 15 is 0 Å². The highest BCUT2D eigenvalue weighted by Crippen LogP contribution is 1.96. The Kier molecular flexibility index (Phi) is 6.86. The molecule has 0 N–H and O–H groups in total. The molecule has 0 aliphatic rings. The first-order valence-corrected chi connectivity index (χ1v) is 4.44. The van der Waals surface area contributed by atoms with Gasteiger partial charge in [-0.3, -0.25) is 14.9 Å². The van der Waals surface area contributed by atoms with Gasteiger partial charge in [-0.05, 0) is 6.42 Å². The topological polar surface area (TPSA) is 69.4 Å². The summed E-state index contributed by atoms with van der Waals surface area (Å²) < 4.78 is 4.75. The van der Waals surface area contributed by atoms with Crippen LogP contribution in [0.1, 0.15) is 32.6 Å². The zero-order valence-corrected chi connectivity index (χ0v) is 7.82. The molecule has 5 nitrogen and oxygen atoms in total. The molecule has 0 spiro atoms. The predicted octanol–water partition coefficient (Wildman–Crippen LogP) is 1.39. The van der Waals surface area contributed by atoms with Gasteiger partial charge in [0.25, 0.3) is 0 Å². The molecule has 0 aliphatic heterocycles. The Morgan fingerprint density at radius 2 is 2.15 bits per heavy atom. The third kappa shape index (κ3) is 8.78. The van der Waals surface area contributed by atoms with E-state index in [-0.39, 0.29) is 19.1 Å². The monoisotopic (exact) mass is 189 g/mol. The summed E-state index contributed by atoms with van der Waals surface area (Å²) in [6.45, 7) is 2.00. The molecule has 0 atom stereocenters. The van der Waals surface area contributed by atoms with Crippen LogP contribution in [0.15, 0.2) is 0 Å². The van der Waals surface area contributed by atoms with Gasteiger partial charge in [0.2, 0.25) is 6.54 Å². The molecule has 0 amide bonds. The van der Waals surface area contributed by atoms with Crippen molar-refractivity contribution in [3.63, 3.8) is 0 Å². The van der Waals surface area contributed by atoms with Crippen LogP contribution in [0.4, 0.5) is 0 Å². The van der Waals surface area contributed by atoms with Crippen molar-refractivity contribution in [2.45, 2.75) is 32.6 Å². The highest BCUT2D eigenvalue weighted by molar-refractivity contribution is 5.69. The number of hydrogen-bond acceptors (Lipinski definition) is 4. The lowest BCUT2D eigenvalue weighted by Gasteiger charge is -2.01. The number of rotatable bonds is 7. The van der Waals surface area contributed by atoms with E-state index in [1.54, 1.807) is 0 Å². The second-order valence-corrected chi connectivity index (χ2v) is 2.73. The molecule has 0 aromatic carbocycles. The molecule has 76 valence electrons. The summed E-state index contributed by atoms with van der Waals surface area (Å²) in [5.74, 6) is -0.259. The Labute approximate surface area is 77.2 Å². The van der Waals surface area contributed by atoms with Crippen molar-refractivity contribution in [3.05, 3.63) is 10.1 Å². The Hall–Kier alpha value is -1.13. The van der Waals surface area contributed by atoms with E-state index in [1.165, 1.54) is 0 Å². The minimum atomic E-state index is -0.417. The number of carbonyl (C=O) groups excluding carboxylic acids is 1. The van der Waals surface area contributed by atoms with Crippen molar-refractivity contribution >= 4 is 5.97 Å². The number of nitrogens with zero attached hydrogens (tertiary/aromatic N) is 1. The van der Waals surface area contributed by atoms with E-state index in [4.69, 9.17) is 4.74 Å². The summed E-state index contributed by atoms with van der Waals surface area (Å²) >= 11 is 0. The Morgan fingerprint density at radius 3 is 2.69 bits per heavy atom. The summed E-state index contributed by atoms with van der Waals surface area (Å²) in [4.78, 5) is 20.3. The summed E-state index contributed by atoms with van der Waals surface area (Å²) in [5, 5.41) is 9.88. The summed E-state index contributed by atoms with van der Waals surface area (Å²) in [6.07, 6.45) is 2.47. The normalized spacial score (nSPS) is 9.62. The smallest absolute Gasteiger partial charge is 0.305 e. The number of hydrogen-bond donors (Lipinski definition) is 0. The lowest BCUT2D eigenvalue weighted by atomic mass is 10.2. The van der Waals surface area contributed by atoms with Gasteiger partial charge < -0.3 is 4.74 Å². The highest BCUT2D eigenvalue weighted by atomic mass is 16.6. The zero-order valence-electron chi connectivity index (χ0n) is 7.82. The van der Waals surface area contributed by atoms with Crippen LogP contribution >= 0.6 is 0 Å². The molecular formula is C8H15NO4. The van der Waals surface area contributed by atoms with Crippen LogP contribution in [0.25, 0.3) is 0 Å². The lowest BCUT2D eigenvalue weighted by Crippen LogP contribution is -2.09. The molecule has 0 saturated heterocycles. The summed E-state index contributed by atoms with van der Waals surface area (Å²) in [5.41, 5.74) is 0. The van der Waals surface area contributed by atoms with Crippen molar-refractivity contribution in [3.8, 4) is 0 Å². The van der Waals surface area contributed by atoms with Crippen LogP contribution in [0.5, 0.6) is 0 Å². The first kappa shape index (κ1) is 11.9. The predicted molar refractivity (Wildman–Crippen MR) is 47.0 cm³/mol. The standard InChI is InChI=1S/C8H15NO4/c1-2-3-5-8(10)13-7-4-6-9(11)12/h2-7H2,1H3. The molecule has 0 unspecified atom stereocenters. The van der Waals surface area contributed by atoms with Gasteiger partial charge in [-0.25, -0.2) is 0 Å². The van der Waals surface area contributed by atoms with Crippen LogP contribution in [0.3, 0.4) is 0 Å². The van der Waals surface area contributed by atoms with Gasteiger partial charge in [0.1, 0.15) is 0 Å². The van der Waals surface area contributed by atoms with Gasteiger partial charge in [-0.1, -0.05) is 13.3 Å². The van der Waals surface area contributed by atoms with Crippen molar-refractivity contribution in [1.29, 1.82) is 0 Å². The number of carbonyl (C=O) groups is 1. The second-order valence-electron chi connectivity index (χ2n) is 2.73. The zero-order chi connectivity index (χ0) is 10.1. The van der Waals surface area contributed by atoms with Gasteiger partial charge in [-0.2, -0.15) is 0 Å². The van der Waals surface area contributed by atoms with E-state index in [2.05, 4.69) is 0 Å². The van der Waals surface area contributed by atoms with Gasteiger partial charge >= 0.3 is 5.97 Å². The van der Waals surface area contributed by atoms with E-state index in [0.717, 1.165) is 12.8 Å². The SMILES string of the molecule is CCCCC(=O)OCCC[N+](=O)[O-]. The van der Waals surface area contributed by atoms with E-state index in [9.17, 15) is 14.9 Å². The largest absolute Gasteiger partial charge is 0.465 e. The third-order valence-corrected chi connectivity index (χ3v) is 1.48. The van der Waals surface area contributed by atoms with Crippen molar-refractivity contribution in [2.24, 2.45) is 0 Å². The molecule has 0 aromatic rings. The summed E-state index contributed by atoms with van der Waals surface area (Å²) in [6, 6.07) is 0. The number of unbranched alkanes of at least 4 members (excludes halogenated alkanes) is 1. The van der Waals surface area contributed by atoms with Crippen LogP contribution in [-0.2, 0) is 9.53 Å². The average Bonchev–Trinajstić information content (AvgIpc) is 2.08. The molecule has 0 saturated carbocycles. The van der Waals surface area contributed by atoms with Crippen LogP contribution in [0, 0.1) is 10.1 Å². The van der Waals surface area contributed by atoms with Crippen LogP contribution in [-0.4, -0.2) is 24.0 Å². The van der Waals surface area contributed by atoms with Crippen LogP contribution in [0.2, 0.25) is 0 Å². The third-order valence-electron chi connectivity index (χ3n) is 1.48. The molecule has 0 aromatic heterocycles. The van der Waals surface area contributed by atoms with Gasteiger partial charge in [0.15, 0.2) is 0 Å². The fourth-order valence-corrected chi connectivity index (χ4v) is 0.773. The van der Waals surface area contributed by atoms with E-state index < -0.39 is 4.92 Å². The van der Waals surface area contributed by atoms with Crippen molar-refractivity contribution < 1.29 is 14.5 Å². The molecule has 0 heterocycles. The van der Waals surface area contributed by atoms with Gasteiger partial charge in [-0.15, -0.1) is 0 Å². The first-order valence-electron chi connectivity index (χ1n) is 4.44. The quantitative estimate of drug-likeness (QED) is 0.262. The van der Waals surface area contributed by atoms with Gasteiger partial charge in [0.05, 0.1) is 6.61 Å². The molecule has 0 aliphatic carbocycles. The minimum Gasteiger partial charge on any atom is -0.465 e. The van der Waals surface area contributed by atoms with Crippen molar-refractivity contribution in [1.82, 2.24) is 0 Å². The molecule has 13 heavy (non-hydrogen) atoms. The Bertz CT molecular complexity index is 170. The molecule has 0 rings (SSSR count). The first-order chi connectivity index (χ1) is 6.16. The highest BCUT2D eigenvalue weighted by Gasteiger charge is 2.02. The van der Waals surface area contributed by atoms with E-state index in [1.807, 2.05) is 6.92 Å². The van der Waals surface area contributed by atoms with Crippen molar-refractivity contribution in [2.75, 3.05) is 13.2 Å². The Morgan fingerprint density at radius 1 is 1.46 bits per heavy atom. The molecule has 0 radical (unpaired) electrons. The van der Waals surface area contributed by atoms with Gasteiger partial charge in [0, 0.05) is 17.8 Å². The number of ether oxygens (including phenoxy) is 1. The molecular weight excluding hydrogens is 174 g/mol. The number of esters is 1. The Balaban J connectivity index is 3.22. The fourth-order valence-electron chi connectivity index (χ4n) is 0.773. The fraction of sp³-hybridized carbons (Fsp3) is 0.875. The van der Waals surface area contributed by atoms with Crippen LogP contribution < -0.4 is 0 Å².